The Balaban J connectivity index is 5.23. The van der Waals surface area contributed by atoms with Crippen molar-refractivity contribution in [1.29, 1.82) is 0 Å². The van der Waals surface area contributed by atoms with E-state index in [4.69, 9.17) is 37.0 Å². The zero-order valence-electron chi connectivity index (χ0n) is 63.9. The maximum absolute atomic E-state index is 13.1. The first-order valence-electron chi connectivity index (χ1n) is 41.2. The fourth-order valence-electron chi connectivity index (χ4n) is 12.2. The lowest BCUT2D eigenvalue weighted by Crippen LogP contribution is -2.30. The van der Waals surface area contributed by atoms with Gasteiger partial charge in [0.1, 0.15) is 19.3 Å². The van der Waals surface area contributed by atoms with Crippen LogP contribution in [0, 0.1) is 5.92 Å². The molecule has 0 fully saturated rings. The van der Waals surface area contributed by atoms with Crippen molar-refractivity contribution in [3.63, 3.8) is 0 Å². The Bertz CT molecular complexity index is 1880. The second-order valence-electron chi connectivity index (χ2n) is 28.7. The van der Waals surface area contributed by atoms with Crippen molar-refractivity contribution in [1.82, 2.24) is 0 Å². The molecule has 98 heavy (non-hydrogen) atoms. The molecule has 0 saturated heterocycles. The quantitative estimate of drug-likeness (QED) is 0.0222. The monoisotopic (exact) mass is 1440 g/mol. The normalized spacial score (nSPS) is 14.2. The number of aliphatic hydroxyl groups excluding tert-OH is 1. The van der Waals surface area contributed by atoms with Gasteiger partial charge in [-0.3, -0.25) is 37.3 Å². The van der Waals surface area contributed by atoms with E-state index in [0.717, 1.165) is 95.8 Å². The molecule has 6 atom stereocenters. The summed E-state index contributed by atoms with van der Waals surface area (Å²) in [4.78, 5) is 72.9. The predicted molar refractivity (Wildman–Crippen MR) is 400 cm³/mol. The topological polar surface area (TPSA) is 237 Å². The zero-order valence-corrected chi connectivity index (χ0v) is 65.7. The number of rotatable bonds is 79. The minimum atomic E-state index is -4.96. The average molecular weight is 1440 g/mol. The molecule has 0 aromatic heterocycles. The number of ether oxygens (including phenoxy) is 4. The standard InChI is InChI=1S/C79H154O17P2/c1-6-10-13-16-19-22-25-27-28-29-30-31-32-33-35-38-45-50-55-60-65-79(84)96-75(69-90-77(82)63-58-53-48-43-40-39-41-46-51-56-61-72(5)9-4)71-94-98(87,88)92-67-73(80)66-91-97(85,86)93-70-74(68-89-76(81)62-57-52-47-42-36-24-21-18-15-12-8-3)95-78(83)64-59-54-49-44-37-34-26-23-20-17-14-11-7-2/h72-75,80H,6-71H2,1-5H3,(H,85,86)(H,87,88)/t72?,73-,74+,75+/m0/s1. The summed E-state index contributed by atoms with van der Waals surface area (Å²) in [7, 11) is -9.91. The number of hydrogen-bond acceptors (Lipinski definition) is 15. The van der Waals surface area contributed by atoms with E-state index in [-0.39, 0.29) is 25.7 Å². The lowest BCUT2D eigenvalue weighted by Gasteiger charge is -2.21. The average Bonchev–Trinajstić information content (AvgIpc) is 0.988. The van der Waals surface area contributed by atoms with Gasteiger partial charge in [-0.1, -0.05) is 369 Å². The van der Waals surface area contributed by atoms with E-state index in [1.165, 1.54) is 244 Å². The van der Waals surface area contributed by atoms with Crippen LogP contribution in [-0.2, 0) is 65.4 Å². The second kappa shape index (κ2) is 72.0. The van der Waals surface area contributed by atoms with E-state index in [1.807, 2.05) is 0 Å². The van der Waals surface area contributed by atoms with Crippen molar-refractivity contribution in [2.45, 2.75) is 438 Å². The number of carbonyl (C=O) groups excluding carboxylic acids is 4. The molecule has 0 aromatic carbocycles. The van der Waals surface area contributed by atoms with Crippen LogP contribution in [0.3, 0.4) is 0 Å². The van der Waals surface area contributed by atoms with Crippen LogP contribution in [0.2, 0.25) is 0 Å². The maximum atomic E-state index is 13.1. The van der Waals surface area contributed by atoms with Crippen molar-refractivity contribution in [2.24, 2.45) is 5.92 Å². The second-order valence-corrected chi connectivity index (χ2v) is 31.6. The van der Waals surface area contributed by atoms with Gasteiger partial charge in [-0.15, -0.1) is 0 Å². The third-order valence-corrected chi connectivity index (χ3v) is 20.8. The van der Waals surface area contributed by atoms with Crippen LogP contribution in [0.15, 0.2) is 0 Å². The highest BCUT2D eigenvalue weighted by Crippen LogP contribution is 2.45. The molecule has 0 heterocycles. The van der Waals surface area contributed by atoms with Gasteiger partial charge in [0.2, 0.25) is 0 Å². The summed E-state index contributed by atoms with van der Waals surface area (Å²) in [5.41, 5.74) is 0. The predicted octanol–water partition coefficient (Wildman–Crippen LogP) is 23.6. The van der Waals surface area contributed by atoms with Gasteiger partial charge in [-0.2, -0.15) is 0 Å². The molecule has 19 heteroatoms. The SMILES string of the molecule is CCCCCCCCCCCCCCCCCCCCCCC(=O)O[C@H](COC(=O)CCCCCCCCCCCCC(C)CC)COP(=O)(O)OC[C@@H](O)COP(=O)(O)OC[C@@H](COC(=O)CCCCCCCCCCCCC)OC(=O)CCCCCCCCCCCCCCC. The number of aliphatic hydroxyl groups is 1. The molecule has 0 aromatic rings. The summed E-state index contributed by atoms with van der Waals surface area (Å²) in [6.45, 7) is 7.34. The number of esters is 4. The first-order valence-corrected chi connectivity index (χ1v) is 44.2. The molecule has 3 unspecified atom stereocenters. The highest BCUT2D eigenvalue weighted by atomic mass is 31.2. The smallest absolute Gasteiger partial charge is 0.462 e. The summed E-state index contributed by atoms with van der Waals surface area (Å²) in [5, 5.41) is 10.6. The van der Waals surface area contributed by atoms with Gasteiger partial charge in [-0.25, -0.2) is 9.13 Å². The van der Waals surface area contributed by atoms with Gasteiger partial charge in [0.25, 0.3) is 0 Å². The van der Waals surface area contributed by atoms with E-state index in [1.54, 1.807) is 0 Å². The minimum Gasteiger partial charge on any atom is -0.462 e. The van der Waals surface area contributed by atoms with Crippen LogP contribution in [0.5, 0.6) is 0 Å². The lowest BCUT2D eigenvalue weighted by atomic mass is 9.99. The van der Waals surface area contributed by atoms with Crippen molar-refractivity contribution in [2.75, 3.05) is 39.6 Å². The highest BCUT2D eigenvalue weighted by molar-refractivity contribution is 7.47. The Hall–Kier alpha value is -1.94. The lowest BCUT2D eigenvalue weighted by molar-refractivity contribution is -0.161. The van der Waals surface area contributed by atoms with Crippen LogP contribution in [0.25, 0.3) is 0 Å². The summed E-state index contributed by atoms with van der Waals surface area (Å²) in [6.07, 6.45) is 62.3. The van der Waals surface area contributed by atoms with E-state index in [9.17, 15) is 43.2 Å². The minimum absolute atomic E-state index is 0.108. The highest BCUT2D eigenvalue weighted by Gasteiger charge is 2.30. The summed E-state index contributed by atoms with van der Waals surface area (Å²) in [5.74, 6) is -1.30. The van der Waals surface area contributed by atoms with Crippen molar-refractivity contribution in [3.05, 3.63) is 0 Å². The molecule has 0 bridgehead atoms. The molecule has 0 aliphatic heterocycles. The van der Waals surface area contributed by atoms with Crippen LogP contribution in [-0.4, -0.2) is 96.7 Å². The first-order chi connectivity index (χ1) is 47.6. The largest absolute Gasteiger partial charge is 0.472 e. The van der Waals surface area contributed by atoms with Crippen molar-refractivity contribution in [3.8, 4) is 0 Å². The van der Waals surface area contributed by atoms with Crippen molar-refractivity contribution >= 4 is 39.5 Å². The Morgan fingerprint density at radius 3 is 0.724 bits per heavy atom. The summed E-state index contributed by atoms with van der Waals surface area (Å²) < 4.78 is 68.6. The van der Waals surface area contributed by atoms with Gasteiger partial charge < -0.3 is 33.8 Å². The van der Waals surface area contributed by atoms with E-state index >= 15 is 0 Å². The Labute approximate surface area is 600 Å². The fourth-order valence-corrected chi connectivity index (χ4v) is 13.8. The molecule has 0 radical (unpaired) electrons. The third kappa shape index (κ3) is 71.1. The van der Waals surface area contributed by atoms with Crippen LogP contribution in [0.4, 0.5) is 0 Å². The fraction of sp³-hybridized carbons (Fsp3) is 0.949. The van der Waals surface area contributed by atoms with Gasteiger partial charge in [0, 0.05) is 25.7 Å². The first kappa shape index (κ1) is 96.1. The Morgan fingerprint density at radius 2 is 0.490 bits per heavy atom. The molecule has 0 rings (SSSR count). The summed E-state index contributed by atoms with van der Waals surface area (Å²) >= 11 is 0. The Morgan fingerprint density at radius 1 is 0.286 bits per heavy atom. The molecule has 0 aliphatic carbocycles. The van der Waals surface area contributed by atoms with Crippen LogP contribution in [0.1, 0.15) is 420 Å². The number of phosphoric acid groups is 2. The van der Waals surface area contributed by atoms with E-state index in [0.29, 0.717) is 25.7 Å². The van der Waals surface area contributed by atoms with Crippen LogP contribution < -0.4 is 0 Å². The van der Waals surface area contributed by atoms with Crippen molar-refractivity contribution < 1.29 is 80.2 Å². The van der Waals surface area contributed by atoms with Gasteiger partial charge >= 0.3 is 39.5 Å². The molecular weight excluding hydrogens is 1280 g/mol. The Kier molecular flexibility index (Phi) is 70.6. The van der Waals surface area contributed by atoms with Gasteiger partial charge in [0.05, 0.1) is 26.4 Å². The van der Waals surface area contributed by atoms with Gasteiger partial charge in [-0.05, 0) is 31.6 Å². The molecule has 0 aliphatic rings. The number of unbranched alkanes of at least 4 members (excludes halogenated alkanes) is 50. The third-order valence-electron chi connectivity index (χ3n) is 18.9. The molecular formula is C79H154O17P2. The zero-order chi connectivity index (χ0) is 71.9. The maximum Gasteiger partial charge on any atom is 0.472 e. The molecule has 0 spiro atoms. The molecule has 17 nitrogen and oxygen atoms in total. The number of phosphoric ester groups is 2. The molecule has 582 valence electrons. The van der Waals surface area contributed by atoms with E-state index in [2.05, 4.69) is 34.6 Å². The molecule has 3 N–H and O–H groups in total. The number of hydrogen-bond donors (Lipinski definition) is 3. The summed E-state index contributed by atoms with van der Waals surface area (Å²) in [6, 6.07) is 0. The number of carbonyl (C=O) groups is 4. The van der Waals surface area contributed by atoms with Crippen LogP contribution >= 0.6 is 15.6 Å². The molecule has 0 amide bonds. The van der Waals surface area contributed by atoms with E-state index < -0.39 is 97.5 Å². The van der Waals surface area contributed by atoms with Gasteiger partial charge in [0.15, 0.2) is 12.2 Å². The molecule has 0 saturated carbocycles.